The lowest BCUT2D eigenvalue weighted by Crippen LogP contribution is -2.53. The van der Waals surface area contributed by atoms with Crippen molar-refractivity contribution in [2.45, 2.75) is 81.2 Å². The van der Waals surface area contributed by atoms with Crippen LogP contribution < -0.4 is 10.1 Å². The maximum absolute atomic E-state index is 14.8. The fourth-order valence-corrected chi connectivity index (χ4v) is 5.93. The Morgan fingerprint density at radius 2 is 1.65 bits per heavy atom. The molecule has 2 fully saturated rings. The summed E-state index contributed by atoms with van der Waals surface area (Å²) in [6, 6.07) is 4.64. The van der Waals surface area contributed by atoms with Crippen molar-refractivity contribution in [2.24, 2.45) is 0 Å². The SMILES string of the molecule is C[C@H]1C[C@@](O)(c2ccc(C(F)(F)F)cc2)C[C@@H](COc2cc(C(F)(F)F)c3c(c2)c(F)nn3C2CC(C)(O)C2)N1. The van der Waals surface area contributed by atoms with Crippen LogP contribution in [0.15, 0.2) is 36.4 Å². The molecule has 1 saturated heterocycles. The van der Waals surface area contributed by atoms with Gasteiger partial charge in [0.05, 0.1) is 39.3 Å². The number of piperidine rings is 1. The summed E-state index contributed by atoms with van der Waals surface area (Å²) in [5.41, 5.74) is -4.69. The van der Waals surface area contributed by atoms with E-state index in [4.69, 9.17) is 4.74 Å². The predicted octanol–water partition coefficient (Wildman–Crippen LogP) is 5.71. The predicted molar refractivity (Wildman–Crippen MR) is 130 cm³/mol. The minimum atomic E-state index is -4.85. The summed E-state index contributed by atoms with van der Waals surface area (Å²) in [6.45, 7) is 3.11. The third-order valence-corrected chi connectivity index (χ3v) is 7.68. The minimum Gasteiger partial charge on any atom is -0.492 e. The van der Waals surface area contributed by atoms with E-state index < -0.39 is 58.2 Å². The molecule has 2 aromatic carbocycles. The highest BCUT2D eigenvalue weighted by Crippen LogP contribution is 2.46. The number of halogens is 7. The first-order chi connectivity index (χ1) is 18.5. The first-order valence-corrected chi connectivity index (χ1v) is 12.8. The van der Waals surface area contributed by atoms with Gasteiger partial charge in [0.15, 0.2) is 0 Å². The van der Waals surface area contributed by atoms with E-state index in [1.165, 1.54) is 12.1 Å². The zero-order valence-corrected chi connectivity index (χ0v) is 21.6. The van der Waals surface area contributed by atoms with Gasteiger partial charge in [0.25, 0.3) is 0 Å². The lowest BCUT2D eigenvalue weighted by atomic mass is 9.77. The van der Waals surface area contributed by atoms with Gasteiger partial charge in [-0.2, -0.15) is 30.7 Å². The summed E-state index contributed by atoms with van der Waals surface area (Å²) >= 11 is 0. The number of nitrogens with zero attached hydrogens (tertiary/aromatic N) is 2. The summed E-state index contributed by atoms with van der Waals surface area (Å²) in [7, 11) is 0. The van der Waals surface area contributed by atoms with E-state index in [0.717, 1.165) is 28.9 Å². The number of aliphatic hydroxyl groups is 2. The molecule has 0 amide bonds. The largest absolute Gasteiger partial charge is 0.492 e. The summed E-state index contributed by atoms with van der Waals surface area (Å²) in [4.78, 5) is 0. The highest BCUT2D eigenvalue weighted by molar-refractivity contribution is 5.85. The average molecular weight is 576 g/mol. The van der Waals surface area contributed by atoms with Gasteiger partial charge in [0.2, 0.25) is 5.95 Å². The normalized spacial score (nSPS) is 29.4. The molecule has 1 aliphatic carbocycles. The van der Waals surface area contributed by atoms with Crippen LogP contribution in [0.1, 0.15) is 62.3 Å². The molecule has 1 aliphatic heterocycles. The van der Waals surface area contributed by atoms with Crippen molar-refractivity contribution in [1.29, 1.82) is 0 Å². The van der Waals surface area contributed by atoms with E-state index in [2.05, 4.69) is 10.4 Å². The van der Waals surface area contributed by atoms with Crippen molar-refractivity contribution in [3.63, 3.8) is 0 Å². The molecular weight excluding hydrogens is 547 g/mol. The number of ether oxygens (including phenoxy) is 1. The van der Waals surface area contributed by atoms with Crippen molar-refractivity contribution in [1.82, 2.24) is 15.1 Å². The van der Waals surface area contributed by atoms with Gasteiger partial charge in [0, 0.05) is 12.1 Å². The highest BCUT2D eigenvalue weighted by Gasteiger charge is 2.44. The van der Waals surface area contributed by atoms with E-state index in [1.807, 2.05) is 0 Å². The van der Waals surface area contributed by atoms with E-state index in [0.29, 0.717) is 0 Å². The zero-order chi connectivity index (χ0) is 29.3. The molecule has 40 heavy (non-hydrogen) atoms. The fraction of sp³-hybridized carbons (Fsp3) is 0.519. The minimum absolute atomic E-state index is 0.0188. The third-order valence-electron chi connectivity index (χ3n) is 7.68. The molecule has 0 spiro atoms. The lowest BCUT2D eigenvalue weighted by molar-refractivity contribution is -0.138. The number of hydrogen-bond donors (Lipinski definition) is 3. The standard InChI is InChI=1S/C27H28F7N3O3/c1-14-9-25(39,15-3-5-16(6-4-15)26(29,30)31)10-17(35-14)13-40-19-7-20-22(21(8-19)27(32,33)34)37(36-23(20)28)18-11-24(2,38)12-18/h3-8,14,17-18,35,38-39H,9-13H2,1-2H3/t14-,17-,18?,24?,25-/m0/s1. The quantitative estimate of drug-likeness (QED) is 0.340. The average Bonchev–Trinajstić information content (AvgIpc) is 3.15. The molecule has 6 nitrogen and oxygen atoms in total. The van der Waals surface area contributed by atoms with Crippen LogP contribution in [0, 0.1) is 5.95 Å². The maximum Gasteiger partial charge on any atom is 0.418 e. The number of aromatic nitrogens is 2. The fourth-order valence-electron chi connectivity index (χ4n) is 5.93. The first-order valence-electron chi connectivity index (χ1n) is 12.8. The molecule has 2 aliphatic rings. The molecule has 0 unspecified atom stereocenters. The smallest absolute Gasteiger partial charge is 0.418 e. The molecule has 3 aromatic rings. The Morgan fingerprint density at radius 3 is 2.23 bits per heavy atom. The molecule has 3 atom stereocenters. The monoisotopic (exact) mass is 575 g/mol. The molecule has 2 heterocycles. The van der Waals surface area contributed by atoms with E-state index in [1.54, 1.807) is 13.8 Å². The van der Waals surface area contributed by atoms with Gasteiger partial charge in [-0.25, -0.2) is 0 Å². The van der Waals surface area contributed by atoms with Crippen LogP contribution >= 0.6 is 0 Å². The Balaban J connectivity index is 1.38. The second-order valence-electron chi connectivity index (χ2n) is 11.2. The van der Waals surface area contributed by atoms with Crippen LogP contribution in [0.2, 0.25) is 0 Å². The van der Waals surface area contributed by atoms with Crippen molar-refractivity contribution in [3.05, 3.63) is 59.0 Å². The molecular formula is C27H28F7N3O3. The number of rotatable bonds is 5. The van der Waals surface area contributed by atoms with Crippen LogP contribution in [-0.4, -0.2) is 44.3 Å². The molecule has 0 bridgehead atoms. The highest BCUT2D eigenvalue weighted by atomic mass is 19.4. The Kier molecular flexibility index (Phi) is 6.86. The Bertz CT molecular complexity index is 1390. The first kappa shape index (κ1) is 28.6. The van der Waals surface area contributed by atoms with Crippen molar-refractivity contribution in [2.75, 3.05) is 6.61 Å². The molecule has 1 saturated carbocycles. The summed E-state index contributed by atoms with van der Waals surface area (Å²) in [5.74, 6) is -1.35. The van der Waals surface area contributed by atoms with Gasteiger partial charge in [0.1, 0.15) is 12.4 Å². The number of fused-ring (bicyclic) bond motifs is 1. The topological polar surface area (TPSA) is 79.5 Å². The van der Waals surface area contributed by atoms with Crippen LogP contribution in [-0.2, 0) is 18.0 Å². The molecule has 13 heteroatoms. The zero-order valence-electron chi connectivity index (χ0n) is 21.6. The van der Waals surface area contributed by atoms with Crippen molar-refractivity contribution < 1.29 is 45.7 Å². The van der Waals surface area contributed by atoms with E-state index in [9.17, 15) is 40.9 Å². The third kappa shape index (κ3) is 5.51. The number of benzene rings is 2. The summed E-state index contributed by atoms with van der Waals surface area (Å²) in [5, 5.41) is 27.8. The molecule has 0 radical (unpaired) electrons. The maximum atomic E-state index is 14.8. The van der Waals surface area contributed by atoms with Gasteiger partial charge in [-0.3, -0.25) is 4.68 Å². The van der Waals surface area contributed by atoms with Crippen molar-refractivity contribution in [3.8, 4) is 5.75 Å². The van der Waals surface area contributed by atoms with Crippen LogP contribution in [0.4, 0.5) is 30.7 Å². The lowest BCUT2D eigenvalue weighted by Gasteiger charge is -2.41. The van der Waals surface area contributed by atoms with Crippen LogP contribution in [0.3, 0.4) is 0 Å². The molecule has 1 aromatic heterocycles. The van der Waals surface area contributed by atoms with E-state index in [-0.39, 0.29) is 55.0 Å². The summed E-state index contributed by atoms with van der Waals surface area (Å²) in [6.07, 6.45) is -8.90. The van der Waals surface area contributed by atoms with Gasteiger partial charge in [-0.15, -0.1) is 5.10 Å². The van der Waals surface area contributed by atoms with Crippen molar-refractivity contribution >= 4 is 10.9 Å². The molecule has 218 valence electrons. The van der Waals surface area contributed by atoms with Crippen LogP contribution in [0.25, 0.3) is 10.9 Å². The summed E-state index contributed by atoms with van der Waals surface area (Å²) < 4.78 is 103. The Labute approximate surface area is 224 Å². The van der Waals surface area contributed by atoms with E-state index >= 15 is 0 Å². The molecule has 5 rings (SSSR count). The number of nitrogens with one attached hydrogen (secondary N) is 1. The second kappa shape index (κ2) is 9.59. The van der Waals surface area contributed by atoms with Gasteiger partial charge in [-0.05, 0) is 69.4 Å². The number of hydrogen-bond acceptors (Lipinski definition) is 5. The van der Waals surface area contributed by atoms with Crippen LogP contribution in [0.5, 0.6) is 5.75 Å². The Hall–Kier alpha value is -2.90. The van der Waals surface area contributed by atoms with Gasteiger partial charge < -0.3 is 20.3 Å². The van der Waals surface area contributed by atoms with Gasteiger partial charge >= 0.3 is 12.4 Å². The Morgan fingerprint density at radius 1 is 1.00 bits per heavy atom. The van der Waals surface area contributed by atoms with Gasteiger partial charge in [-0.1, -0.05) is 12.1 Å². The number of alkyl halides is 6. The molecule has 3 N–H and O–H groups in total. The second-order valence-corrected chi connectivity index (χ2v) is 11.2.